The van der Waals surface area contributed by atoms with Crippen LogP contribution in [0.2, 0.25) is 0 Å². The number of aliphatic hydroxyl groups is 1. The van der Waals surface area contributed by atoms with Crippen molar-refractivity contribution in [3.05, 3.63) is 12.2 Å². The zero-order valence-corrected chi connectivity index (χ0v) is 8.10. The molecule has 3 atom stereocenters. The molecule has 0 aliphatic heterocycles. The number of hydrogen-bond acceptors (Lipinski definition) is 3. The molecule has 1 rings (SSSR count). The number of carbonyl (C=O) groups is 1. The summed E-state index contributed by atoms with van der Waals surface area (Å²) in [5, 5.41) is 18.3. The van der Waals surface area contributed by atoms with Crippen LogP contribution in [0.15, 0.2) is 12.2 Å². The van der Waals surface area contributed by atoms with Crippen molar-refractivity contribution in [1.29, 1.82) is 0 Å². The third-order valence-electron chi connectivity index (χ3n) is 2.60. The largest absolute Gasteiger partial charge is 0.480 e. The summed E-state index contributed by atoms with van der Waals surface area (Å²) in [7, 11) is 0. The zero-order valence-electron chi connectivity index (χ0n) is 8.10. The lowest BCUT2D eigenvalue weighted by Crippen LogP contribution is -2.36. The summed E-state index contributed by atoms with van der Waals surface area (Å²) in [6, 6.07) is -0.958. The molecule has 4 nitrogen and oxygen atoms in total. The minimum absolute atomic E-state index is 0.0779. The molecule has 0 bridgehead atoms. The molecule has 0 aromatic rings. The van der Waals surface area contributed by atoms with Gasteiger partial charge < -0.3 is 15.9 Å². The average molecular weight is 199 g/mol. The molecule has 1 aliphatic rings. The van der Waals surface area contributed by atoms with Gasteiger partial charge in [0.1, 0.15) is 6.04 Å². The normalized spacial score (nSPS) is 25.7. The molecule has 4 N–H and O–H groups in total. The molecule has 0 aromatic carbocycles. The summed E-state index contributed by atoms with van der Waals surface area (Å²) >= 11 is 0. The van der Waals surface area contributed by atoms with Crippen molar-refractivity contribution >= 4 is 5.97 Å². The summed E-state index contributed by atoms with van der Waals surface area (Å²) in [5.74, 6) is -0.974. The fourth-order valence-corrected chi connectivity index (χ4v) is 1.70. The third-order valence-corrected chi connectivity index (χ3v) is 2.60. The fourth-order valence-electron chi connectivity index (χ4n) is 1.70. The maximum Gasteiger partial charge on any atom is 0.320 e. The van der Waals surface area contributed by atoms with Crippen LogP contribution in [0.3, 0.4) is 0 Å². The fraction of sp³-hybridized carbons (Fsp3) is 0.700. The van der Waals surface area contributed by atoms with Gasteiger partial charge in [-0.05, 0) is 25.7 Å². The van der Waals surface area contributed by atoms with E-state index in [9.17, 15) is 9.90 Å². The Kier molecular flexibility index (Phi) is 4.10. The van der Waals surface area contributed by atoms with E-state index in [1.807, 2.05) is 12.2 Å². The zero-order chi connectivity index (χ0) is 10.6. The first-order valence-electron chi connectivity index (χ1n) is 4.94. The molecule has 1 aliphatic carbocycles. The second-order valence-corrected chi connectivity index (χ2v) is 3.77. The topological polar surface area (TPSA) is 83.5 Å². The molecular weight excluding hydrogens is 182 g/mol. The molecule has 3 unspecified atom stereocenters. The van der Waals surface area contributed by atoms with Crippen molar-refractivity contribution in [2.24, 2.45) is 11.7 Å². The maximum absolute atomic E-state index is 10.5. The predicted octanol–water partition coefficient (Wildman–Crippen LogP) is 0.506. The Morgan fingerprint density at radius 2 is 2.36 bits per heavy atom. The summed E-state index contributed by atoms with van der Waals surface area (Å²) in [4.78, 5) is 10.5. The van der Waals surface area contributed by atoms with Gasteiger partial charge in [0.15, 0.2) is 0 Å². The highest BCUT2D eigenvalue weighted by molar-refractivity contribution is 5.73. The van der Waals surface area contributed by atoms with Crippen molar-refractivity contribution in [2.75, 3.05) is 0 Å². The standard InChI is InChI=1S/C10H17NO3/c11-8(10(13)14)6-9(12)7-4-2-1-3-5-7/h2,4,7-9,12H,1,3,5-6,11H2,(H,13,14). The number of hydrogen-bond donors (Lipinski definition) is 3. The molecule has 0 amide bonds. The quantitative estimate of drug-likeness (QED) is 0.576. The molecule has 0 heterocycles. The lowest BCUT2D eigenvalue weighted by molar-refractivity contribution is -0.139. The number of carboxylic acid groups (broad SMARTS) is 1. The maximum atomic E-state index is 10.5. The number of nitrogens with two attached hydrogens (primary N) is 1. The Morgan fingerprint density at radius 1 is 1.64 bits per heavy atom. The Bertz CT molecular complexity index is 227. The smallest absolute Gasteiger partial charge is 0.320 e. The monoisotopic (exact) mass is 199 g/mol. The van der Waals surface area contributed by atoms with E-state index >= 15 is 0 Å². The van der Waals surface area contributed by atoms with Gasteiger partial charge in [0, 0.05) is 5.92 Å². The van der Waals surface area contributed by atoms with Crippen LogP contribution >= 0.6 is 0 Å². The second-order valence-electron chi connectivity index (χ2n) is 3.77. The van der Waals surface area contributed by atoms with Gasteiger partial charge in [-0.25, -0.2) is 0 Å². The molecule has 0 saturated carbocycles. The van der Waals surface area contributed by atoms with E-state index in [0.717, 1.165) is 19.3 Å². The molecule has 14 heavy (non-hydrogen) atoms. The summed E-state index contributed by atoms with van der Waals surface area (Å²) < 4.78 is 0. The van der Waals surface area contributed by atoms with Crippen LogP contribution in [0.25, 0.3) is 0 Å². The Balaban J connectivity index is 2.40. The molecule has 0 radical (unpaired) electrons. The van der Waals surface area contributed by atoms with Crippen LogP contribution < -0.4 is 5.73 Å². The number of aliphatic hydroxyl groups excluding tert-OH is 1. The number of allylic oxidation sites excluding steroid dienone is 1. The van der Waals surface area contributed by atoms with E-state index in [4.69, 9.17) is 10.8 Å². The van der Waals surface area contributed by atoms with Crippen molar-refractivity contribution < 1.29 is 15.0 Å². The van der Waals surface area contributed by atoms with Crippen molar-refractivity contribution in [3.8, 4) is 0 Å². The van der Waals surface area contributed by atoms with Gasteiger partial charge in [0.25, 0.3) is 0 Å². The van der Waals surface area contributed by atoms with E-state index in [-0.39, 0.29) is 12.3 Å². The van der Waals surface area contributed by atoms with Crippen molar-refractivity contribution in [3.63, 3.8) is 0 Å². The average Bonchev–Trinajstić information content (AvgIpc) is 2.19. The molecule has 0 fully saturated rings. The first-order chi connectivity index (χ1) is 6.61. The summed E-state index contributed by atoms with van der Waals surface area (Å²) in [6.07, 6.45) is 6.52. The van der Waals surface area contributed by atoms with Crippen LogP contribution in [0.4, 0.5) is 0 Å². The van der Waals surface area contributed by atoms with Gasteiger partial charge in [-0.2, -0.15) is 0 Å². The number of rotatable bonds is 4. The lowest BCUT2D eigenvalue weighted by atomic mass is 9.88. The molecule has 0 aromatic heterocycles. The van der Waals surface area contributed by atoms with Crippen LogP contribution in [0.5, 0.6) is 0 Å². The Hall–Kier alpha value is -0.870. The molecule has 0 saturated heterocycles. The highest BCUT2D eigenvalue weighted by atomic mass is 16.4. The SMILES string of the molecule is NC(CC(O)C1C=CCCC1)C(=O)O. The van der Waals surface area contributed by atoms with Crippen LogP contribution in [-0.2, 0) is 4.79 Å². The van der Waals surface area contributed by atoms with Crippen molar-refractivity contribution in [2.45, 2.75) is 37.8 Å². The predicted molar refractivity (Wildman–Crippen MR) is 52.7 cm³/mol. The van der Waals surface area contributed by atoms with Gasteiger partial charge in [-0.1, -0.05) is 12.2 Å². The molecule has 0 spiro atoms. The van der Waals surface area contributed by atoms with Crippen LogP contribution in [0.1, 0.15) is 25.7 Å². The van der Waals surface area contributed by atoms with Gasteiger partial charge in [0.05, 0.1) is 6.10 Å². The Labute approximate surface area is 83.4 Å². The van der Waals surface area contributed by atoms with E-state index in [1.54, 1.807) is 0 Å². The Morgan fingerprint density at radius 3 is 2.86 bits per heavy atom. The van der Waals surface area contributed by atoms with Crippen LogP contribution in [-0.4, -0.2) is 28.3 Å². The van der Waals surface area contributed by atoms with E-state index in [1.165, 1.54) is 0 Å². The minimum Gasteiger partial charge on any atom is -0.480 e. The lowest BCUT2D eigenvalue weighted by Gasteiger charge is -2.23. The van der Waals surface area contributed by atoms with Gasteiger partial charge in [-0.3, -0.25) is 4.79 Å². The minimum atomic E-state index is -1.05. The molecular formula is C10H17NO3. The first kappa shape index (κ1) is 11.2. The van der Waals surface area contributed by atoms with E-state index in [2.05, 4.69) is 0 Å². The highest BCUT2D eigenvalue weighted by Crippen LogP contribution is 2.22. The van der Waals surface area contributed by atoms with Crippen molar-refractivity contribution in [1.82, 2.24) is 0 Å². The summed E-state index contributed by atoms with van der Waals surface area (Å²) in [6.45, 7) is 0. The van der Waals surface area contributed by atoms with E-state index < -0.39 is 18.1 Å². The first-order valence-corrected chi connectivity index (χ1v) is 4.94. The van der Waals surface area contributed by atoms with Gasteiger partial charge in [-0.15, -0.1) is 0 Å². The molecule has 4 heteroatoms. The molecule has 80 valence electrons. The number of aliphatic carboxylic acids is 1. The summed E-state index contributed by atoms with van der Waals surface area (Å²) in [5.41, 5.74) is 5.34. The third kappa shape index (κ3) is 3.12. The highest BCUT2D eigenvalue weighted by Gasteiger charge is 2.23. The van der Waals surface area contributed by atoms with E-state index in [0.29, 0.717) is 0 Å². The van der Waals surface area contributed by atoms with Gasteiger partial charge >= 0.3 is 5.97 Å². The number of carboxylic acids is 1. The van der Waals surface area contributed by atoms with Crippen LogP contribution in [0, 0.1) is 5.92 Å². The van der Waals surface area contributed by atoms with Gasteiger partial charge in [0.2, 0.25) is 0 Å². The second kappa shape index (κ2) is 5.12.